The van der Waals surface area contributed by atoms with E-state index in [1.807, 2.05) is 13.8 Å². The maximum atomic E-state index is 12.6. The zero-order chi connectivity index (χ0) is 20.7. The van der Waals surface area contributed by atoms with Gasteiger partial charge in [0.25, 0.3) is 0 Å². The molecule has 1 amide bonds. The van der Waals surface area contributed by atoms with Gasteiger partial charge in [-0.1, -0.05) is 0 Å². The number of β-amino-alcohol motifs (C(OH)–C–C–N with tert-alkyl or cyclic N) is 1. The molecule has 0 heterocycles. The van der Waals surface area contributed by atoms with Crippen LogP contribution in [0, 0.1) is 11.8 Å². The number of nitrogens with one attached hydrogen (secondary N) is 2. The van der Waals surface area contributed by atoms with Crippen molar-refractivity contribution in [3.8, 4) is 0 Å². The lowest BCUT2D eigenvalue weighted by Gasteiger charge is -2.35. The molecule has 27 heavy (non-hydrogen) atoms. The fourth-order valence-electron chi connectivity index (χ4n) is 3.69. The van der Waals surface area contributed by atoms with Gasteiger partial charge in [0.15, 0.2) is 0 Å². The quantitative estimate of drug-likeness (QED) is 0.334. The summed E-state index contributed by atoms with van der Waals surface area (Å²) in [6, 6.07) is 0. The molecule has 158 valence electrons. The molecular weight excluding hydrogens is 368 g/mol. The Hall–Kier alpha value is -0.830. The van der Waals surface area contributed by atoms with Crippen LogP contribution in [-0.2, 0) is 14.3 Å². The molecule has 1 saturated carbocycles. The van der Waals surface area contributed by atoms with Crippen molar-refractivity contribution < 1.29 is 24.5 Å². The van der Waals surface area contributed by atoms with Crippen LogP contribution in [0.4, 0.5) is 0 Å². The van der Waals surface area contributed by atoms with Crippen LogP contribution in [-0.4, -0.2) is 65.3 Å². The van der Waals surface area contributed by atoms with Crippen LogP contribution in [0.15, 0.2) is 0 Å². The molecule has 0 spiro atoms. The zero-order valence-electron chi connectivity index (χ0n) is 17.0. The molecule has 7 nitrogen and oxygen atoms in total. The van der Waals surface area contributed by atoms with E-state index < -0.39 is 16.8 Å². The molecule has 1 aliphatic rings. The van der Waals surface area contributed by atoms with Crippen molar-refractivity contribution in [1.82, 2.24) is 10.6 Å². The van der Waals surface area contributed by atoms with Gasteiger partial charge < -0.3 is 25.6 Å². The summed E-state index contributed by atoms with van der Waals surface area (Å²) in [4.78, 5) is 23.6. The molecule has 2 atom stereocenters. The summed E-state index contributed by atoms with van der Waals surface area (Å²) in [6.45, 7) is 6.93. The minimum atomic E-state index is -0.860. The molecule has 1 fully saturated rings. The number of carbonyl (C=O) groups excluding carboxylic acids is 1. The van der Waals surface area contributed by atoms with Gasteiger partial charge in [-0.2, -0.15) is 12.6 Å². The number of hydrogen-bond donors (Lipinski definition) is 5. The Kier molecular flexibility index (Phi) is 9.54. The summed E-state index contributed by atoms with van der Waals surface area (Å²) in [7, 11) is 1.54. The van der Waals surface area contributed by atoms with E-state index in [9.17, 15) is 14.7 Å². The lowest BCUT2D eigenvalue weighted by atomic mass is 9.82. The third-order valence-electron chi connectivity index (χ3n) is 5.20. The van der Waals surface area contributed by atoms with E-state index in [1.165, 1.54) is 7.11 Å². The highest BCUT2D eigenvalue weighted by atomic mass is 32.1. The maximum Gasteiger partial charge on any atom is 0.306 e. The third kappa shape index (κ3) is 8.81. The molecule has 1 aliphatic carbocycles. The minimum Gasteiger partial charge on any atom is -0.481 e. The molecule has 2 unspecified atom stereocenters. The predicted octanol–water partition coefficient (Wildman–Crippen LogP) is 1.45. The largest absolute Gasteiger partial charge is 0.481 e. The number of methoxy groups -OCH3 is 1. The highest BCUT2D eigenvalue weighted by molar-refractivity contribution is 7.82. The molecular formula is C19H36N2O5S. The highest BCUT2D eigenvalue weighted by Gasteiger charge is 2.36. The number of aliphatic hydroxyl groups excluding tert-OH is 1. The van der Waals surface area contributed by atoms with E-state index in [2.05, 4.69) is 23.3 Å². The molecule has 0 radical (unpaired) electrons. The predicted molar refractivity (Wildman–Crippen MR) is 108 cm³/mol. The van der Waals surface area contributed by atoms with Gasteiger partial charge in [-0.3, -0.25) is 9.59 Å². The lowest BCUT2D eigenvalue weighted by Crippen LogP contribution is -2.52. The SMILES string of the molecule is COCC(O)CNC(C)(C)CC(C)(S)C(=O)NCC1CCC(C(=O)O)CC1. The Bertz CT molecular complexity index is 490. The summed E-state index contributed by atoms with van der Waals surface area (Å²) in [5, 5.41) is 25.1. The van der Waals surface area contributed by atoms with Crippen LogP contribution in [0.25, 0.3) is 0 Å². The number of aliphatic hydroxyl groups is 1. The molecule has 0 bridgehead atoms. The fraction of sp³-hybridized carbons (Fsp3) is 0.895. The number of aliphatic carboxylic acids is 1. The van der Waals surface area contributed by atoms with E-state index in [0.717, 1.165) is 12.8 Å². The molecule has 0 aliphatic heterocycles. The number of amides is 1. The van der Waals surface area contributed by atoms with Crippen molar-refractivity contribution in [3.63, 3.8) is 0 Å². The molecule has 0 aromatic carbocycles. The summed E-state index contributed by atoms with van der Waals surface area (Å²) in [5.41, 5.74) is -0.387. The Labute approximate surface area is 168 Å². The maximum absolute atomic E-state index is 12.6. The first-order chi connectivity index (χ1) is 12.5. The molecule has 0 aromatic rings. The van der Waals surface area contributed by atoms with Crippen LogP contribution in [0.2, 0.25) is 0 Å². The Morgan fingerprint density at radius 1 is 1.22 bits per heavy atom. The summed E-state index contributed by atoms with van der Waals surface area (Å²) in [5.74, 6) is -0.763. The number of ether oxygens (including phenoxy) is 1. The van der Waals surface area contributed by atoms with Crippen molar-refractivity contribution in [2.24, 2.45) is 11.8 Å². The number of carboxylic acids is 1. The van der Waals surface area contributed by atoms with E-state index in [4.69, 9.17) is 9.84 Å². The standard InChI is InChI=1S/C19H36N2O5S/c1-18(2,21-10-15(22)11-26-4)12-19(3,27)17(25)20-9-13-5-7-14(8-6-13)16(23)24/h13-15,21-22,27H,5-12H2,1-4H3,(H,20,25)(H,23,24). The molecule has 4 N–H and O–H groups in total. The number of hydrogen-bond acceptors (Lipinski definition) is 6. The first-order valence-electron chi connectivity index (χ1n) is 9.62. The van der Waals surface area contributed by atoms with Crippen LogP contribution in [0.1, 0.15) is 52.9 Å². The number of thiol groups is 1. The van der Waals surface area contributed by atoms with Gasteiger partial charge >= 0.3 is 5.97 Å². The minimum absolute atomic E-state index is 0.126. The van der Waals surface area contributed by atoms with Crippen LogP contribution >= 0.6 is 12.6 Å². The zero-order valence-corrected chi connectivity index (χ0v) is 17.8. The fourth-order valence-corrected chi connectivity index (χ4v) is 4.16. The van der Waals surface area contributed by atoms with Gasteiger partial charge in [-0.25, -0.2) is 0 Å². The lowest BCUT2D eigenvalue weighted by molar-refractivity contribution is -0.143. The Morgan fingerprint density at radius 2 is 1.81 bits per heavy atom. The average molecular weight is 405 g/mol. The molecule has 0 aromatic heterocycles. The van der Waals surface area contributed by atoms with Gasteiger partial charge in [0.1, 0.15) is 0 Å². The van der Waals surface area contributed by atoms with Crippen molar-refractivity contribution in [2.45, 2.75) is 69.3 Å². The molecule has 8 heteroatoms. The van der Waals surface area contributed by atoms with Gasteiger partial charge in [0.05, 0.1) is 23.4 Å². The van der Waals surface area contributed by atoms with Crippen LogP contribution in [0.5, 0.6) is 0 Å². The summed E-state index contributed by atoms with van der Waals surface area (Å²) >= 11 is 4.58. The smallest absolute Gasteiger partial charge is 0.306 e. The van der Waals surface area contributed by atoms with Crippen molar-refractivity contribution >= 4 is 24.5 Å². The molecule has 0 saturated heterocycles. The van der Waals surface area contributed by atoms with E-state index in [-0.39, 0.29) is 24.0 Å². The topological polar surface area (TPSA) is 108 Å². The van der Waals surface area contributed by atoms with Crippen molar-refractivity contribution in [3.05, 3.63) is 0 Å². The summed E-state index contributed by atoms with van der Waals surface area (Å²) < 4.78 is 4.06. The Morgan fingerprint density at radius 3 is 2.33 bits per heavy atom. The first kappa shape index (κ1) is 24.2. The second-order valence-corrected chi connectivity index (χ2v) is 9.58. The second-order valence-electron chi connectivity index (χ2n) is 8.59. The van der Waals surface area contributed by atoms with Gasteiger partial charge in [0.2, 0.25) is 5.91 Å². The van der Waals surface area contributed by atoms with Crippen LogP contribution < -0.4 is 10.6 Å². The number of carbonyl (C=O) groups is 2. The third-order valence-corrected chi connectivity index (χ3v) is 5.56. The van der Waals surface area contributed by atoms with E-state index in [1.54, 1.807) is 6.92 Å². The number of carboxylic acid groups (broad SMARTS) is 1. The van der Waals surface area contributed by atoms with E-state index >= 15 is 0 Å². The second kappa shape index (κ2) is 10.6. The number of rotatable bonds is 11. The Balaban J connectivity index is 2.42. The summed E-state index contributed by atoms with van der Waals surface area (Å²) in [6.07, 6.45) is 2.88. The molecule has 1 rings (SSSR count). The normalized spacial score (nSPS) is 24.1. The monoisotopic (exact) mass is 404 g/mol. The van der Waals surface area contributed by atoms with Crippen LogP contribution in [0.3, 0.4) is 0 Å². The highest BCUT2D eigenvalue weighted by Crippen LogP contribution is 2.30. The average Bonchev–Trinajstić information content (AvgIpc) is 2.57. The van der Waals surface area contributed by atoms with Gasteiger partial charge in [-0.15, -0.1) is 0 Å². The van der Waals surface area contributed by atoms with Gasteiger partial charge in [-0.05, 0) is 58.8 Å². The van der Waals surface area contributed by atoms with Gasteiger partial charge in [0, 0.05) is 25.7 Å². The van der Waals surface area contributed by atoms with Crippen molar-refractivity contribution in [2.75, 3.05) is 26.8 Å². The van der Waals surface area contributed by atoms with Crippen molar-refractivity contribution in [1.29, 1.82) is 0 Å². The first-order valence-corrected chi connectivity index (χ1v) is 10.1. The van der Waals surface area contributed by atoms with E-state index in [0.29, 0.717) is 38.3 Å².